The summed E-state index contributed by atoms with van der Waals surface area (Å²) in [4.78, 5) is 0. The Bertz CT molecular complexity index is 166. The van der Waals surface area contributed by atoms with E-state index in [0.717, 1.165) is 0 Å². The van der Waals surface area contributed by atoms with Crippen LogP contribution in [0.5, 0.6) is 0 Å². The van der Waals surface area contributed by atoms with Crippen LogP contribution >= 0.6 is 0 Å². The van der Waals surface area contributed by atoms with Crippen LogP contribution in [0.15, 0.2) is 0 Å². The third-order valence-electron chi connectivity index (χ3n) is 0.343. The Hall–Kier alpha value is 0.327. The molecule has 0 saturated carbocycles. The molecule has 0 aliphatic carbocycles. The van der Waals surface area contributed by atoms with Crippen LogP contribution in [0.2, 0.25) is 0 Å². The summed E-state index contributed by atoms with van der Waals surface area (Å²) in [6.07, 6.45) is -2.90. The van der Waals surface area contributed by atoms with Crippen molar-refractivity contribution in [3.8, 4) is 0 Å². The van der Waals surface area contributed by atoms with Gasteiger partial charge in [0.1, 0.15) is 6.61 Å². The van der Waals surface area contributed by atoms with Crippen LogP contribution in [0, 0.1) is 0 Å². The SMILES string of the molecule is O=S(=O)(O)OCC(F)F.[LiH]. The topological polar surface area (TPSA) is 63.6 Å². The molecule has 0 spiro atoms. The molecule has 0 radical (unpaired) electrons. The zero-order chi connectivity index (χ0) is 7.49. The zero-order valence-corrected chi connectivity index (χ0v) is 4.94. The van der Waals surface area contributed by atoms with E-state index in [1.165, 1.54) is 0 Å². The molecule has 0 aromatic rings. The van der Waals surface area contributed by atoms with E-state index in [-0.39, 0.29) is 18.9 Å². The fourth-order valence-corrected chi connectivity index (χ4v) is 0.412. The molecule has 0 unspecified atom stereocenters. The van der Waals surface area contributed by atoms with Gasteiger partial charge in [-0.05, 0) is 0 Å². The van der Waals surface area contributed by atoms with Crippen molar-refractivity contribution in [2.75, 3.05) is 6.61 Å². The third kappa shape index (κ3) is 11.2. The van der Waals surface area contributed by atoms with Crippen molar-refractivity contribution in [3.05, 3.63) is 0 Å². The molecule has 0 aliphatic rings. The van der Waals surface area contributed by atoms with E-state index in [1.54, 1.807) is 0 Å². The first-order chi connectivity index (χ1) is 3.92. The van der Waals surface area contributed by atoms with E-state index < -0.39 is 23.4 Å². The van der Waals surface area contributed by atoms with Gasteiger partial charge in [0.15, 0.2) is 0 Å². The number of hydrogen-bond acceptors (Lipinski definition) is 3. The van der Waals surface area contributed by atoms with Crippen molar-refractivity contribution in [3.63, 3.8) is 0 Å². The fraction of sp³-hybridized carbons (Fsp3) is 1.00. The van der Waals surface area contributed by atoms with Crippen molar-refractivity contribution in [1.29, 1.82) is 0 Å². The molecule has 4 nitrogen and oxygen atoms in total. The van der Waals surface area contributed by atoms with Crippen LogP contribution in [-0.4, -0.2) is 44.9 Å². The predicted molar refractivity (Wildman–Crippen MR) is 30.7 cm³/mol. The summed E-state index contributed by atoms with van der Waals surface area (Å²) in [6.45, 7) is -1.31. The van der Waals surface area contributed by atoms with Gasteiger partial charge in [0.2, 0.25) is 0 Å². The van der Waals surface area contributed by atoms with E-state index in [9.17, 15) is 17.2 Å². The van der Waals surface area contributed by atoms with Gasteiger partial charge >= 0.3 is 29.3 Å². The Balaban J connectivity index is 0. The zero-order valence-electron chi connectivity index (χ0n) is 4.12. The molecular formula is C2H5F2LiO4S. The van der Waals surface area contributed by atoms with Gasteiger partial charge in [-0.15, -0.1) is 0 Å². The fourth-order valence-electron chi connectivity index (χ4n) is 0.137. The average Bonchev–Trinajstić information content (AvgIpc) is 1.59. The number of alkyl halides is 2. The molecule has 0 aromatic heterocycles. The van der Waals surface area contributed by atoms with E-state index in [0.29, 0.717) is 0 Å². The molecular weight excluding hydrogens is 165 g/mol. The summed E-state index contributed by atoms with van der Waals surface area (Å²) >= 11 is 0. The second-order valence-corrected chi connectivity index (χ2v) is 2.19. The first kappa shape index (κ1) is 13.0. The summed E-state index contributed by atoms with van der Waals surface area (Å²) in [6, 6.07) is 0. The standard InChI is InChI=1S/C2H4F2O4S.Li.H/c3-2(4)1-8-9(5,6)7;;/h2H,1H2,(H,5,6,7);;. The molecule has 8 heteroatoms. The maximum atomic E-state index is 11.1. The molecule has 10 heavy (non-hydrogen) atoms. The monoisotopic (exact) mass is 170 g/mol. The first-order valence-corrected chi connectivity index (χ1v) is 3.18. The minimum atomic E-state index is -4.70. The van der Waals surface area contributed by atoms with Gasteiger partial charge in [-0.2, -0.15) is 8.42 Å². The summed E-state index contributed by atoms with van der Waals surface area (Å²) in [5.41, 5.74) is 0. The summed E-state index contributed by atoms with van der Waals surface area (Å²) in [5, 5.41) is 0. The van der Waals surface area contributed by atoms with Crippen molar-refractivity contribution in [2.45, 2.75) is 6.43 Å². The van der Waals surface area contributed by atoms with Crippen LogP contribution in [-0.2, 0) is 14.6 Å². The Morgan fingerprint density at radius 2 is 1.90 bits per heavy atom. The van der Waals surface area contributed by atoms with Gasteiger partial charge < -0.3 is 0 Å². The van der Waals surface area contributed by atoms with Crippen molar-refractivity contribution in [2.24, 2.45) is 0 Å². The van der Waals surface area contributed by atoms with E-state index in [4.69, 9.17) is 4.55 Å². The Morgan fingerprint density at radius 3 is 2.00 bits per heavy atom. The summed E-state index contributed by atoms with van der Waals surface area (Å²) < 4.78 is 52.2. The maximum absolute atomic E-state index is 11.1. The van der Waals surface area contributed by atoms with Gasteiger partial charge in [0.25, 0.3) is 6.43 Å². The van der Waals surface area contributed by atoms with Crippen molar-refractivity contribution >= 4 is 29.3 Å². The normalized spacial score (nSPS) is 11.2. The second-order valence-electron chi connectivity index (χ2n) is 1.10. The van der Waals surface area contributed by atoms with E-state index in [1.807, 2.05) is 0 Å². The van der Waals surface area contributed by atoms with Crippen LogP contribution in [0.1, 0.15) is 0 Å². The van der Waals surface area contributed by atoms with Crippen molar-refractivity contribution in [1.82, 2.24) is 0 Å². The van der Waals surface area contributed by atoms with Crippen LogP contribution in [0.25, 0.3) is 0 Å². The predicted octanol–water partition coefficient (Wildman–Crippen LogP) is -0.578. The molecule has 0 rings (SSSR count). The van der Waals surface area contributed by atoms with Gasteiger partial charge in [-0.25, -0.2) is 13.0 Å². The Labute approximate surface area is 68.7 Å². The summed E-state index contributed by atoms with van der Waals surface area (Å²) in [7, 11) is -4.70. The van der Waals surface area contributed by atoms with Gasteiger partial charge in [-0.3, -0.25) is 4.55 Å². The number of halogens is 2. The molecule has 0 heterocycles. The quantitative estimate of drug-likeness (QED) is 0.454. The van der Waals surface area contributed by atoms with Crippen LogP contribution in [0.4, 0.5) is 8.78 Å². The Morgan fingerprint density at radius 1 is 1.50 bits per heavy atom. The second kappa shape index (κ2) is 5.04. The average molecular weight is 170 g/mol. The molecule has 0 atom stereocenters. The Kier molecular flexibility index (Phi) is 6.53. The number of rotatable bonds is 3. The van der Waals surface area contributed by atoms with Gasteiger partial charge in [-0.1, -0.05) is 0 Å². The molecule has 0 aliphatic heterocycles. The van der Waals surface area contributed by atoms with E-state index in [2.05, 4.69) is 4.18 Å². The minimum absolute atomic E-state index is 0. The van der Waals surface area contributed by atoms with Crippen LogP contribution in [0.3, 0.4) is 0 Å². The van der Waals surface area contributed by atoms with Crippen LogP contribution < -0.4 is 0 Å². The first-order valence-electron chi connectivity index (χ1n) is 1.82. The summed E-state index contributed by atoms with van der Waals surface area (Å²) in [5.74, 6) is 0. The molecule has 0 aromatic carbocycles. The van der Waals surface area contributed by atoms with E-state index >= 15 is 0 Å². The van der Waals surface area contributed by atoms with Gasteiger partial charge in [0, 0.05) is 0 Å². The van der Waals surface area contributed by atoms with Gasteiger partial charge in [0.05, 0.1) is 0 Å². The number of hydrogen-bond donors (Lipinski definition) is 1. The third-order valence-corrected chi connectivity index (χ3v) is 0.777. The molecule has 1 N–H and O–H groups in total. The molecule has 0 fully saturated rings. The molecule has 58 valence electrons. The molecule has 0 saturated heterocycles. The molecule has 0 amide bonds. The van der Waals surface area contributed by atoms with Crippen molar-refractivity contribution < 1.29 is 25.9 Å². The molecule has 0 bridgehead atoms.